The van der Waals surface area contributed by atoms with E-state index in [4.69, 9.17) is 16.3 Å². The van der Waals surface area contributed by atoms with E-state index in [1.165, 1.54) is 36.6 Å². The molecule has 3 heterocycles. The average molecular weight is 457 g/mol. The highest BCUT2D eigenvalue weighted by Crippen LogP contribution is 2.30. The van der Waals surface area contributed by atoms with E-state index in [2.05, 4.69) is 36.9 Å². The van der Waals surface area contributed by atoms with E-state index in [1.807, 2.05) is 0 Å². The molecule has 3 rings (SSSR count). The molecular formula is C20H21ClN8O3. The lowest BCUT2D eigenvalue weighted by molar-refractivity contribution is 0.120. The van der Waals surface area contributed by atoms with Crippen LogP contribution in [0.2, 0.25) is 5.02 Å². The van der Waals surface area contributed by atoms with Crippen molar-refractivity contribution in [3.05, 3.63) is 52.2 Å². The van der Waals surface area contributed by atoms with Crippen molar-refractivity contribution >= 4 is 29.0 Å². The summed E-state index contributed by atoms with van der Waals surface area (Å²) < 4.78 is 5.35. The number of aliphatic hydroxyl groups is 1. The molecule has 32 heavy (non-hydrogen) atoms. The maximum Gasteiger partial charge on any atom is 0.323 e. The molecule has 166 valence electrons. The number of anilines is 2. The summed E-state index contributed by atoms with van der Waals surface area (Å²) in [5.74, 6) is 0.238. The highest BCUT2D eigenvalue weighted by Gasteiger charge is 2.20. The maximum atomic E-state index is 12.6. The second-order valence-electron chi connectivity index (χ2n) is 6.88. The minimum Gasteiger partial charge on any atom is -0.387 e. The molecule has 3 aromatic heterocycles. The van der Waals surface area contributed by atoms with Gasteiger partial charge in [-0.05, 0) is 26.8 Å². The number of nitriles is 1. The molecule has 0 aliphatic heterocycles. The summed E-state index contributed by atoms with van der Waals surface area (Å²) >= 11 is 6.28. The number of amides is 2. The van der Waals surface area contributed by atoms with Crippen LogP contribution < -0.4 is 10.6 Å². The monoisotopic (exact) mass is 456 g/mol. The molecule has 2 amide bonds. The van der Waals surface area contributed by atoms with E-state index in [-0.39, 0.29) is 10.8 Å². The van der Waals surface area contributed by atoms with Crippen molar-refractivity contribution in [3.8, 4) is 11.9 Å². The Bertz CT molecular complexity index is 1190. The van der Waals surface area contributed by atoms with Gasteiger partial charge in [-0.15, -0.1) is 9.90 Å². The SMILES string of the molecule is CO[C@@H](C)c1c(NC(=O)Nc2cnc(-n3ncc([C@@H](C)O)n3)c(Cl)c2)cnc(C)c1C#N. The van der Waals surface area contributed by atoms with E-state index >= 15 is 0 Å². The number of carbonyl (C=O) groups excluding carboxylic acids is 1. The number of nitrogens with one attached hydrogen (secondary N) is 2. The summed E-state index contributed by atoms with van der Waals surface area (Å²) in [4.78, 5) is 22.1. The van der Waals surface area contributed by atoms with Crippen LogP contribution in [-0.2, 0) is 4.74 Å². The fourth-order valence-electron chi connectivity index (χ4n) is 2.91. The molecule has 0 aliphatic carbocycles. The Balaban J connectivity index is 1.80. The smallest absolute Gasteiger partial charge is 0.323 e. The van der Waals surface area contributed by atoms with Crippen molar-refractivity contribution in [2.24, 2.45) is 0 Å². The van der Waals surface area contributed by atoms with E-state index in [9.17, 15) is 15.2 Å². The lowest BCUT2D eigenvalue weighted by atomic mass is 10.0. The van der Waals surface area contributed by atoms with Crippen LogP contribution in [0.4, 0.5) is 16.2 Å². The largest absolute Gasteiger partial charge is 0.387 e. The molecule has 0 fully saturated rings. The summed E-state index contributed by atoms with van der Waals surface area (Å²) in [5.41, 5.74) is 2.45. The number of hydrogen-bond donors (Lipinski definition) is 3. The predicted molar refractivity (Wildman–Crippen MR) is 117 cm³/mol. The summed E-state index contributed by atoms with van der Waals surface area (Å²) in [7, 11) is 1.51. The highest BCUT2D eigenvalue weighted by atomic mass is 35.5. The molecule has 0 spiro atoms. The van der Waals surface area contributed by atoms with Gasteiger partial charge in [0.25, 0.3) is 0 Å². The zero-order chi connectivity index (χ0) is 23.4. The molecule has 2 atom stereocenters. The van der Waals surface area contributed by atoms with Gasteiger partial charge in [-0.2, -0.15) is 10.4 Å². The van der Waals surface area contributed by atoms with Crippen LogP contribution in [0.3, 0.4) is 0 Å². The van der Waals surface area contributed by atoms with Crippen molar-refractivity contribution in [2.45, 2.75) is 33.0 Å². The van der Waals surface area contributed by atoms with E-state index in [0.717, 1.165) is 0 Å². The molecule has 0 saturated carbocycles. The number of methoxy groups -OCH3 is 1. The summed E-state index contributed by atoms with van der Waals surface area (Å²) in [6, 6.07) is 3.02. The zero-order valence-corrected chi connectivity index (χ0v) is 18.5. The molecule has 0 unspecified atom stereocenters. The molecule has 0 bridgehead atoms. The minimum absolute atomic E-state index is 0.188. The van der Waals surface area contributed by atoms with E-state index < -0.39 is 18.2 Å². The molecule has 3 aromatic rings. The standard InChI is InChI=1S/C20H21ClN8O3/c1-10-14(6-22)18(12(3)32-4)17(8-23-10)27-20(31)26-13-5-15(21)19(24-7-13)29-25-9-16(28-29)11(2)30/h5,7-9,11-12,30H,1-4H3,(H2,26,27,31)/t11-,12+/m1/s1. The van der Waals surface area contributed by atoms with Crippen LogP contribution >= 0.6 is 11.6 Å². The van der Waals surface area contributed by atoms with Crippen molar-refractivity contribution in [1.29, 1.82) is 5.26 Å². The van der Waals surface area contributed by atoms with E-state index in [1.54, 1.807) is 20.8 Å². The molecule has 0 saturated heterocycles. The van der Waals surface area contributed by atoms with Gasteiger partial charge in [0.05, 0.1) is 58.5 Å². The van der Waals surface area contributed by atoms with Gasteiger partial charge in [0.1, 0.15) is 11.8 Å². The number of aromatic nitrogens is 5. The third kappa shape index (κ3) is 4.83. The Morgan fingerprint density at radius 2 is 2.03 bits per heavy atom. The van der Waals surface area contributed by atoms with Gasteiger partial charge in [-0.3, -0.25) is 4.98 Å². The predicted octanol–water partition coefficient (Wildman–Crippen LogP) is 3.30. The summed E-state index contributed by atoms with van der Waals surface area (Å²) in [5, 5.41) is 32.7. The first kappa shape index (κ1) is 23.1. The Morgan fingerprint density at radius 3 is 2.62 bits per heavy atom. The number of ether oxygens (including phenoxy) is 1. The molecule has 12 heteroatoms. The van der Waals surface area contributed by atoms with Crippen LogP contribution in [0, 0.1) is 18.3 Å². The van der Waals surface area contributed by atoms with Crippen molar-refractivity contribution in [3.63, 3.8) is 0 Å². The number of hydrogen-bond acceptors (Lipinski definition) is 8. The second kappa shape index (κ2) is 9.69. The van der Waals surface area contributed by atoms with Gasteiger partial charge >= 0.3 is 6.03 Å². The van der Waals surface area contributed by atoms with Gasteiger partial charge in [-0.1, -0.05) is 11.6 Å². The first-order chi connectivity index (χ1) is 15.2. The quantitative estimate of drug-likeness (QED) is 0.511. The molecule has 0 radical (unpaired) electrons. The third-order valence-electron chi connectivity index (χ3n) is 4.64. The van der Waals surface area contributed by atoms with Gasteiger partial charge in [0.15, 0.2) is 5.82 Å². The number of urea groups is 1. The fourth-order valence-corrected chi connectivity index (χ4v) is 3.15. The average Bonchev–Trinajstić information content (AvgIpc) is 3.24. The Labute approximate surface area is 189 Å². The number of aryl methyl sites for hydroxylation is 1. The summed E-state index contributed by atoms with van der Waals surface area (Å²) in [6.07, 6.45) is 3.05. The number of aliphatic hydroxyl groups excluding tert-OH is 1. The van der Waals surface area contributed by atoms with Crippen LogP contribution in [-0.4, -0.2) is 43.2 Å². The van der Waals surface area contributed by atoms with Gasteiger partial charge in [-0.25, -0.2) is 9.78 Å². The van der Waals surface area contributed by atoms with E-state index in [0.29, 0.717) is 33.9 Å². The van der Waals surface area contributed by atoms with Gasteiger partial charge in [0.2, 0.25) is 0 Å². The van der Waals surface area contributed by atoms with Crippen molar-refractivity contribution in [1.82, 2.24) is 25.0 Å². The number of pyridine rings is 2. The summed E-state index contributed by atoms with van der Waals surface area (Å²) in [6.45, 7) is 5.05. The zero-order valence-electron chi connectivity index (χ0n) is 17.8. The molecule has 11 nitrogen and oxygen atoms in total. The van der Waals surface area contributed by atoms with Gasteiger partial charge < -0.3 is 20.5 Å². The fraction of sp³-hybridized carbons (Fsp3) is 0.300. The van der Waals surface area contributed by atoms with Crippen LogP contribution in [0.15, 0.2) is 24.7 Å². The maximum absolute atomic E-state index is 12.6. The van der Waals surface area contributed by atoms with Crippen molar-refractivity contribution in [2.75, 3.05) is 17.7 Å². The van der Waals surface area contributed by atoms with Crippen molar-refractivity contribution < 1.29 is 14.6 Å². The molecular weight excluding hydrogens is 436 g/mol. The third-order valence-corrected chi connectivity index (χ3v) is 4.91. The first-order valence-corrected chi connectivity index (χ1v) is 9.89. The molecule has 3 N–H and O–H groups in total. The second-order valence-corrected chi connectivity index (χ2v) is 7.29. The molecule has 0 aromatic carbocycles. The number of halogens is 1. The normalized spacial score (nSPS) is 12.7. The Kier molecular flexibility index (Phi) is 6.99. The highest BCUT2D eigenvalue weighted by molar-refractivity contribution is 6.32. The lowest BCUT2D eigenvalue weighted by Gasteiger charge is -2.18. The van der Waals surface area contributed by atoms with Crippen LogP contribution in [0.5, 0.6) is 0 Å². The molecule has 0 aliphatic rings. The lowest BCUT2D eigenvalue weighted by Crippen LogP contribution is -2.22. The number of carbonyl (C=O) groups is 1. The van der Waals surface area contributed by atoms with Crippen LogP contribution in [0.25, 0.3) is 5.82 Å². The number of rotatable bonds is 6. The Morgan fingerprint density at radius 1 is 1.28 bits per heavy atom. The van der Waals surface area contributed by atoms with Crippen LogP contribution in [0.1, 0.15) is 48.6 Å². The first-order valence-electron chi connectivity index (χ1n) is 9.51. The Hall–Kier alpha value is -3.59. The van der Waals surface area contributed by atoms with Gasteiger partial charge in [0, 0.05) is 12.7 Å². The minimum atomic E-state index is -0.782. The topological polar surface area (TPSA) is 151 Å². The number of nitrogens with zero attached hydrogens (tertiary/aromatic N) is 6.